The molecular weight excluding hydrogens is 438 g/mol. The summed E-state index contributed by atoms with van der Waals surface area (Å²) in [6, 6.07) is 10.5. The lowest BCUT2D eigenvalue weighted by Crippen LogP contribution is -2.36. The van der Waals surface area contributed by atoms with Crippen molar-refractivity contribution in [1.29, 1.82) is 0 Å². The van der Waals surface area contributed by atoms with Gasteiger partial charge in [-0.05, 0) is 68.7 Å². The third-order valence-electron chi connectivity index (χ3n) is 6.00. The molecule has 2 aliphatic rings. The minimum Gasteiger partial charge on any atom is -0.507 e. The Morgan fingerprint density at radius 2 is 1.82 bits per heavy atom. The van der Waals surface area contributed by atoms with Crippen LogP contribution in [-0.2, 0) is 14.3 Å². The number of ether oxygens (including phenoxy) is 3. The lowest BCUT2D eigenvalue weighted by atomic mass is 9.94. The number of rotatable bonds is 8. The highest BCUT2D eigenvalue weighted by molar-refractivity contribution is 6.46. The number of phenols is 1. The zero-order chi connectivity index (χ0) is 24.2. The predicted octanol–water partition coefficient (Wildman–Crippen LogP) is 3.79. The van der Waals surface area contributed by atoms with E-state index in [2.05, 4.69) is 0 Å². The summed E-state index contributed by atoms with van der Waals surface area (Å²) in [5, 5.41) is 21.4. The fraction of sp³-hybridized carbons (Fsp3) is 0.385. The Morgan fingerprint density at radius 3 is 2.47 bits per heavy atom. The molecule has 2 aromatic carbocycles. The van der Waals surface area contributed by atoms with Crippen molar-refractivity contribution >= 4 is 17.4 Å². The van der Waals surface area contributed by atoms with Crippen molar-refractivity contribution in [3.63, 3.8) is 0 Å². The van der Waals surface area contributed by atoms with E-state index in [-0.39, 0.29) is 35.5 Å². The number of ketones is 1. The highest BCUT2D eigenvalue weighted by atomic mass is 16.5. The Balaban J connectivity index is 1.81. The third kappa shape index (κ3) is 4.59. The maximum atomic E-state index is 13.2. The van der Waals surface area contributed by atoms with Crippen molar-refractivity contribution in [1.82, 2.24) is 4.90 Å². The van der Waals surface area contributed by atoms with Gasteiger partial charge in [0.1, 0.15) is 11.5 Å². The number of aliphatic hydroxyl groups is 1. The highest BCUT2D eigenvalue weighted by Gasteiger charge is 2.47. The first-order valence-corrected chi connectivity index (χ1v) is 11.5. The number of hydrogen-bond acceptors (Lipinski definition) is 7. The van der Waals surface area contributed by atoms with Crippen LogP contribution in [0.5, 0.6) is 17.2 Å². The molecule has 2 aliphatic heterocycles. The molecule has 0 radical (unpaired) electrons. The van der Waals surface area contributed by atoms with Gasteiger partial charge in [-0.3, -0.25) is 9.59 Å². The molecule has 8 nitrogen and oxygen atoms in total. The summed E-state index contributed by atoms with van der Waals surface area (Å²) in [6.45, 7) is 5.33. The van der Waals surface area contributed by atoms with Crippen LogP contribution >= 0.6 is 0 Å². The molecule has 2 aromatic rings. The molecule has 2 heterocycles. The van der Waals surface area contributed by atoms with Gasteiger partial charge in [-0.25, -0.2) is 0 Å². The average molecular weight is 468 g/mol. The van der Waals surface area contributed by atoms with Crippen LogP contribution in [0.4, 0.5) is 0 Å². The van der Waals surface area contributed by atoms with Crippen molar-refractivity contribution in [3.8, 4) is 17.2 Å². The number of aromatic hydroxyl groups is 1. The maximum Gasteiger partial charge on any atom is 0.295 e. The number of Topliss-reactive ketones (excluding diaryl/α,β-unsaturated/α-hetero) is 1. The van der Waals surface area contributed by atoms with Gasteiger partial charge in [0.15, 0.2) is 11.5 Å². The number of nitrogens with zero attached hydrogens (tertiary/aromatic N) is 1. The number of aliphatic hydroxyl groups excluding tert-OH is 1. The Labute approximate surface area is 198 Å². The lowest BCUT2D eigenvalue weighted by Gasteiger charge is -2.28. The molecule has 180 valence electrons. The number of hydrogen-bond donors (Lipinski definition) is 2. The van der Waals surface area contributed by atoms with E-state index in [0.29, 0.717) is 36.7 Å². The van der Waals surface area contributed by atoms with E-state index in [4.69, 9.17) is 14.2 Å². The molecule has 0 saturated carbocycles. The van der Waals surface area contributed by atoms with Gasteiger partial charge in [-0.2, -0.15) is 0 Å². The van der Waals surface area contributed by atoms with Crippen molar-refractivity contribution < 1.29 is 34.0 Å². The van der Waals surface area contributed by atoms with Crippen molar-refractivity contribution in [2.75, 3.05) is 26.4 Å². The van der Waals surface area contributed by atoms with E-state index in [1.54, 1.807) is 43.3 Å². The third-order valence-corrected chi connectivity index (χ3v) is 6.00. The first-order valence-electron chi connectivity index (χ1n) is 11.5. The van der Waals surface area contributed by atoms with Gasteiger partial charge in [0.25, 0.3) is 11.7 Å². The number of carbonyl (C=O) groups is 2. The van der Waals surface area contributed by atoms with Gasteiger partial charge in [0.05, 0.1) is 30.9 Å². The van der Waals surface area contributed by atoms with E-state index in [1.807, 2.05) is 6.92 Å². The number of benzene rings is 2. The smallest absolute Gasteiger partial charge is 0.295 e. The first-order chi connectivity index (χ1) is 16.4. The average Bonchev–Trinajstić information content (AvgIpc) is 3.43. The molecule has 0 aliphatic carbocycles. The second-order valence-electron chi connectivity index (χ2n) is 8.20. The van der Waals surface area contributed by atoms with Gasteiger partial charge >= 0.3 is 0 Å². The van der Waals surface area contributed by atoms with Crippen LogP contribution in [0.15, 0.2) is 48.0 Å². The molecule has 0 bridgehead atoms. The zero-order valence-electron chi connectivity index (χ0n) is 19.3. The first kappa shape index (κ1) is 23.6. The quantitative estimate of drug-likeness (QED) is 0.346. The van der Waals surface area contributed by atoms with E-state index >= 15 is 0 Å². The minimum absolute atomic E-state index is 0.0136. The molecule has 1 amide bonds. The predicted molar refractivity (Wildman–Crippen MR) is 125 cm³/mol. The molecule has 2 N–H and O–H groups in total. The van der Waals surface area contributed by atoms with E-state index < -0.39 is 17.7 Å². The SMILES string of the molecule is CCOc1ccc(C(O)=C2C(=O)C(=O)N(CC3CCCO3)C2c2ccc(O)c(OCC)c2)cc1. The number of carbonyl (C=O) groups excluding carboxylic acids is 2. The topological polar surface area (TPSA) is 106 Å². The number of phenolic OH excluding ortho intramolecular Hbond substituents is 1. The Bertz CT molecular complexity index is 1090. The highest BCUT2D eigenvalue weighted by Crippen LogP contribution is 2.42. The Kier molecular flexibility index (Phi) is 7.07. The summed E-state index contributed by atoms with van der Waals surface area (Å²) in [4.78, 5) is 27.7. The second kappa shape index (κ2) is 10.2. The van der Waals surface area contributed by atoms with E-state index in [1.165, 1.54) is 11.0 Å². The molecule has 2 fully saturated rings. The van der Waals surface area contributed by atoms with Crippen molar-refractivity contribution in [2.24, 2.45) is 0 Å². The molecule has 4 rings (SSSR count). The van der Waals surface area contributed by atoms with E-state index in [0.717, 1.165) is 12.8 Å². The monoisotopic (exact) mass is 467 g/mol. The number of amides is 1. The van der Waals surface area contributed by atoms with E-state index in [9.17, 15) is 19.8 Å². The summed E-state index contributed by atoms with van der Waals surface area (Å²) in [5.74, 6) is -0.905. The van der Waals surface area contributed by atoms with Crippen molar-refractivity contribution in [3.05, 3.63) is 59.2 Å². The summed E-state index contributed by atoms with van der Waals surface area (Å²) in [5.41, 5.74) is 0.929. The fourth-order valence-corrected chi connectivity index (χ4v) is 4.43. The largest absolute Gasteiger partial charge is 0.507 e. The summed E-state index contributed by atoms with van der Waals surface area (Å²) < 4.78 is 16.7. The Hall–Kier alpha value is -3.52. The summed E-state index contributed by atoms with van der Waals surface area (Å²) in [7, 11) is 0. The van der Waals surface area contributed by atoms with Crippen LogP contribution in [0, 0.1) is 0 Å². The minimum atomic E-state index is -0.851. The zero-order valence-corrected chi connectivity index (χ0v) is 19.3. The van der Waals surface area contributed by atoms with Gasteiger partial charge in [0.2, 0.25) is 0 Å². The molecule has 0 aromatic heterocycles. The van der Waals surface area contributed by atoms with Crippen LogP contribution in [-0.4, -0.2) is 59.3 Å². The lowest BCUT2D eigenvalue weighted by molar-refractivity contribution is -0.140. The van der Waals surface area contributed by atoms with Crippen LogP contribution in [0.3, 0.4) is 0 Å². The number of likely N-dealkylation sites (tertiary alicyclic amines) is 1. The second-order valence-corrected chi connectivity index (χ2v) is 8.20. The summed E-state index contributed by atoms with van der Waals surface area (Å²) >= 11 is 0. The molecular formula is C26H29NO7. The fourth-order valence-electron chi connectivity index (χ4n) is 4.43. The van der Waals surface area contributed by atoms with Crippen LogP contribution in [0.2, 0.25) is 0 Å². The van der Waals surface area contributed by atoms with Gasteiger partial charge in [0, 0.05) is 18.7 Å². The van der Waals surface area contributed by atoms with Crippen LogP contribution in [0.1, 0.15) is 43.9 Å². The standard InChI is InChI=1S/C26H29NO7/c1-3-32-18-10-7-16(8-11-18)24(29)22-23(17-9-12-20(28)21(14-17)33-4-2)27(26(31)25(22)30)15-19-6-5-13-34-19/h7-12,14,19,23,28-29H,3-6,13,15H2,1-2H3. The normalized spacial score (nSPS) is 21.8. The molecule has 2 saturated heterocycles. The molecule has 34 heavy (non-hydrogen) atoms. The maximum absolute atomic E-state index is 13.2. The molecule has 0 spiro atoms. The van der Waals surface area contributed by atoms with Crippen molar-refractivity contribution in [2.45, 2.75) is 38.8 Å². The van der Waals surface area contributed by atoms with Gasteiger partial charge in [-0.1, -0.05) is 6.07 Å². The molecule has 2 atom stereocenters. The van der Waals surface area contributed by atoms with Gasteiger partial charge in [-0.15, -0.1) is 0 Å². The molecule has 8 heteroatoms. The summed E-state index contributed by atoms with van der Waals surface area (Å²) in [6.07, 6.45) is 1.49. The molecule has 2 unspecified atom stereocenters. The van der Waals surface area contributed by atoms with Crippen LogP contribution in [0.25, 0.3) is 5.76 Å². The van der Waals surface area contributed by atoms with Crippen LogP contribution < -0.4 is 9.47 Å². The van der Waals surface area contributed by atoms with Gasteiger partial charge < -0.3 is 29.3 Å². The Morgan fingerprint density at radius 1 is 1.09 bits per heavy atom.